The summed E-state index contributed by atoms with van der Waals surface area (Å²) >= 11 is 17.8. The maximum atomic E-state index is 11.0. The molecule has 0 fully saturated rings. The smallest absolute Gasteiger partial charge is 0.250 e. The molecule has 1 atom stereocenters. The Morgan fingerprint density at radius 3 is 2.41 bits per heavy atom. The number of aliphatic hydroxyl groups is 1. The maximum Gasteiger partial charge on any atom is 0.250 e. The van der Waals surface area contributed by atoms with Crippen LogP contribution in [0.4, 0.5) is 5.82 Å². The Morgan fingerprint density at radius 2 is 1.86 bits per heavy atom. The van der Waals surface area contributed by atoms with Gasteiger partial charge in [0.1, 0.15) is 5.82 Å². The van der Waals surface area contributed by atoms with E-state index in [2.05, 4.69) is 10.3 Å². The number of pyridine rings is 1. The third-order valence-electron chi connectivity index (χ3n) is 2.86. The van der Waals surface area contributed by atoms with Crippen LogP contribution >= 0.6 is 34.8 Å². The monoisotopic (exact) mass is 359 g/mol. The van der Waals surface area contributed by atoms with Crippen molar-refractivity contribution >= 4 is 46.5 Å². The normalized spacial score (nSPS) is 12.0. The van der Waals surface area contributed by atoms with Gasteiger partial charge in [-0.2, -0.15) is 0 Å². The molecule has 1 amide bonds. The first kappa shape index (κ1) is 16.8. The largest absolute Gasteiger partial charge is 0.387 e. The molecule has 0 aliphatic rings. The zero-order valence-electron chi connectivity index (χ0n) is 11.2. The van der Waals surface area contributed by atoms with Crippen molar-refractivity contribution in [1.82, 2.24) is 4.98 Å². The molecule has 0 saturated carbocycles. The number of carbonyl (C=O) groups excluding carboxylic acids is 1. The fourth-order valence-corrected chi connectivity index (χ4v) is 2.56. The molecule has 0 saturated heterocycles. The van der Waals surface area contributed by atoms with Crippen LogP contribution in [0.15, 0.2) is 30.5 Å². The number of hydrogen-bond donors (Lipinski definition) is 3. The van der Waals surface area contributed by atoms with Gasteiger partial charge >= 0.3 is 0 Å². The van der Waals surface area contributed by atoms with Crippen LogP contribution in [0.25, 0.3) is 0 Å². The van der Waals surface area contributed by atoms with Gasteiger partial charge in [0.15, 0.2) is 0 Å². The molecular weight excluding hydrogens is 349 g/mol. The van der Waals surface area contributed by atoms with Gasteiger partial charge in [0, 0.05) is 22.8 Å². The number of aromatic nitrogens is 1. The summed E-state index contributed by atoms with van der Waals surface area (Å²) in [6.07, 6.45) is 0.448. The molecule has 0 bridgehead atoms. The van der Waals surface area contributed by atoms with E-state index in [4.69, 9.17) is 40.5 Å². The van der Waals surface area contributed by atoms with Crippen molar-refractivity contribution in [2.45, 2.75) is 6.10 Å². The fourth-order valence-electron chi connectivity index (χ4n) is 1.78. The number of hydrogen-bond acceptors (Lipinski definition) is 4. The van der Waals surface area contributed by atoms with E-state index in [1.54, 1.807) is 18.2 Å². The second kappa shape index (κ2) is 7.15. The zero-order valence-corrected chi connectivity index (χ0v) is 13.5. The van der Waals surface area contributed by atoms with Crippen molar-refractivity contribution in [3.8, 4) is 0 Å². The highest BCUT2D eigenvalue weighted by Crippen LogP contribution is 2.25. The minimum atomic E-state index is -0.857. The van der Waals surface area contributed by atoms with Gasteiger partial charge in [-0.05, 0) is 29.8 Å². The molecule has 2 aromatic rings. The standard InChI is InChI=1S/C14H12Cl3N3O2/c15-9-1-7(2-10(16)4-9)12(21)6-20-14-11(17)3-8(5-19-14)13(18)22/h1-5,12,21H,6H2,(H2,18,22)(H,19,20). The Hall–Kier alpha value is -1.53. The minimum Gasteiger partial charge on any atom is -0.387 e. The third kappa shape index (κ3) is 4.24. The summed E-state index contributed by atoms with van der Waals surface area (Å²) in [6.45, 7) is 0.138. The van der Waals surface area contributed by atoms with E-state index in [1.807, 2.05) is 0 Å². The Balaban J connectivity index is 2.07. The number of rotatable bonds is 5. The summed E-state index contributed by atoms with van der Waals surface area (Å²) in [5.74, 6) is -0.284. The highest BCUT2D eigenvalue weighted by Gasteiger charge is 2.12. The second-order valence-electron chi connectivity index (χ2n) is 4.52. The summed E-state index contributed by atoms with van der Waals surface area (Å²) < 4.78 is 0. The van der Waals surface area contributed by atoms with Crippen molar-refractivity contribution in [3.63, 3.8) is 0 Å². The van der Waals surface area contributed by atoms with E-state index in [1.165, 1.54) is 12.3 Å². The third-order valence-corrected chi connectivity index (χ3v) is 3.58. The number of primary amides is 1. The highest BCUT2D eigenvalue weighted by atomic mass is 35.5. The number of nitrogens with one attached hydrogen (secondary N) is 1. The van der Waals surface area contributed by atoms with E-state index in [0.717, 1.165) is 0 Å². The minimum absolute atomic E-state index is 0.138. The first-order valence-electron chi connectivity index (χ1n) is 6.20. The van der Waals surface area contributed by atoms with Crippen LogP contribution < -0.4 is 11.1 Å². The average molecular weight is 361 g/mol. The van der Waals surface area contributed by atoms with Gasteiger partial charge in [-0.25, -0.2) is 4.98 Å². The molecule has 0 aliphatic heterocycles. The second-order valence-corrected chi connectivity index (χ2v) is 5.80. The topological polar surface area (TPSA) is 88.2 Å². The van der Waals surface area contributed by atoms with Crippen molar-refractivity contribution in [2.75, 3.05) is 11.9 Å². The predicted octanol–water partition coefficient (Wildman–Crippen LogP) is 3.29. The number of amides is 1. The summed E-state index contributed by atoms with van der Waals surface area (Å²) in [5.41, 5.74) is 5.91. The molecule has 4 N–H and O–H groups in total. The molecule has 8 heteroatoms. The number of anilines is 1. The lowest BCUT2D eigenvalue weighted by molar-refractivity contribution is 0.1000. The van der Waals surface area contributed by atoms with Crippen molar-refractivity contribution in [3.05, 3.63) is 56.7 Å². The van der Waals surface area contributed by atoms with Crippen LogP contribution in [0, 0.1) is 0 Å². The highest BCUT2D eigenvalue weighted by molar-refractivity contribution is 6.34. The molecule has 22 heavy (non-hydrogen) atoms. The average Bonchev–Trinajstić information content (AvgIpc) is 2.44. The number of benzene rings is 1. The molecular formula is C14H12Cl3N3O2. The summed E-state index contributed by atoms with van der Waals surface area (Å²) in [4.78, 5) is 15.0. The molecule has 1 unspecified atom stereocenters. The molecule has 0 aliphatic carbocycles. The van der Waals surface area contributed by atoms with Crippen molar-refractivity contribution < 1.29 is 9.90 Å². The molecule has 1 aromatic heterocycles. The van der Waals surface area contributed by atoms with E-state index in [0.29, 0.717) is 21.4 Å². The number of aliphatic hydroxyl groups excluding tert-OH is 1. The lowest BCUT2D eigenvalue weighted by Gasteiger charge is -2.14. The Morgan fingerprint density at radius 1 is 1.23 bits per heavy atom. The van der Waals surface area contributed by atoms with Gasteiger partial charge in [0.2, 0.25) is 5.91 Å². The van der Waals surface area contributed by atoms with Crippen LogP contribution in [-0.2, 0) is 0 Å². The van der Waals surface area contributed by atoms with Crippen molar-refractivity contribution in [2.24, 2.45) is 5.73 Å². The summed E-state index contributed by atoms with van der Waals surface area (Å²) in [5, 5.41) is 14.1. The quantitative estimate of drug-likeness (QED) is 0.763. The van der Waals surface area contributed by atoms with Gasteiger partial charge < -0.3 is 16.2 Å². The van der Waals surface area contributed by atoms with Crippen molar-refractivity contribution in [1.29, 1.82) is 0 Å². The van der Waals surface area contributed by atoms with Gasteiger partial charge in [-0.3, -0.25) is 4.79 Å². The number of nitrogens with zero attached hydrogens (tertiary/aromatic N) is 1. The summed E-state index contributed by atoms with van der Waals surface area (Å²) in [7, 11) is 0. The molecule has 5 nitrogen and oxygen atoms in total. The molecule has 116 valence electrons. The molecule has 0 radical (unpaired) electrons. The first-order chi connectivity index (χ1) is 10.4. The fraction of sp³-hybridized carbons (Fsp3) is 0.143. The van der Waals surface area contributed by atoms with E-state index in [9.17, 15) is 9.90 Å². The number of carbonyl (C=O) groups is 1. The van der Waals surface area contributed by atoms with E-state index >= 15 is 0 Å². The Labute approximate surface area is 142 Å². The predicted molar refractivity (Wildman–Crippen MR) is 87.7 cm³/mol. The van der Waals surface area contributed by atoms with E-state index in [-0.39, 0.29) is 17.1 Å². The number of halogens is 3. The van der Waals surface area contributed by atoms with Gasteiger partial charge in [-0.15, -0.1) is 0 Å². The van der Waals surface area contributed by atoms with Crippen LogP contribution in [0.2, 0.25) is 15.1 Å². The van der Waals surface area contributed by atoms with Crippen LogP contribution in [0.5, 0.6) is 0 Å². The Bertz CT molecular complexity index is 689. The molecule has 1 heterocycles. The van der Waals surface area contributed by atoms with Crippen LogP contribution in [0.1, 0.15) is 22.0 Å². The van der Waals surface area contributed by atoms with Gasteiger partial charge in [-0.1, -0.05) is 34.8 Å². The molecule has 2 rings (SSSR count). The summed E-state index contributed by atoms with van der Waals surface area (Å²) in [6, 6.07) is 6.21. The molecule has 1 aromatic carbocycles. The lowest BCUT2D eigenvalue weighted by atomic mass is 10.1. The van der Waals surface area contributed by atoms with Crippen LogP contribution in [0.3, 0.4) is 0 Å². The maximum absolute atomic E-state index is 11.0. The van der Waals surface area contributed by atoms with Crippen LogP contribution in [-0.4, -0.2) is 22.5 Å². The Kier molecular flexibility index (Phi) is 5.47. The number of nitrogens with two attached hydrogens (primary N) is 1. The van der Waals surface area contributed by atoms with Gasteiger partial charge in [0.05, 0.1) is 16.7 Å². The molecule has 0 spiro atoms. The SMILES string of the molecule is NC(=O)c1cnc(NCC(O)c2cc(Cl)cc(Cl)c2)c(Cl)c1. The lowest BCUT2D eigenvalue weighted by Crippen LogP contribution is -2.15. The van der Waals surface area contributed by atoms with Gasteiger partial charge in [0.25, 0.3) is 0 Å². The zero-order chi connectivity index (χ0) is 16.3. The first-order valence-corrected chi connectivity index (χ1v) is 7.33. The van der Waals surface area contributed by atoms with E-state index < -0.39 is 12.0 Å².